The molecule has 198 valence electrons. The summed E-state index contributed by atoms with van der Waals surface area (Å²) in [5, 5.41) is 4.21. The molecule has 4 rings (SSSR count). The number of carbonyl (C=O) groups excluding carboxylic acids is 1. The van der Waals surface area contributed by atoms with Crippen molar-refractivity contribution in [3.8, 4) is 5.75 Å². The quantitative estimate of drug-likeness (QED) is 0.372. The van der Waals surface area contributed by atoms with Crippen LogP contribution in [0.2, 0.25) is 0 Å². The smallest absolute Gasteiger partial charge is 0.416 e. The van der Waals surface area contributed by atoms with E-state index in [2.05, 4.69) is 36.8 Å². The number of alkyl halides is 3. The van der Waals surface area contributed by atoms with Crippen LogP contribution in [-0.2, 0) is 12.7 Å². The van der Waals surface area contributed by atoms with Crippen LogP contribution in [-0.4, -0.2) is 58.3 Å². The molecule has 6 nitrogen and oxygen atoms in total. The maximum atomic E-state index is 12.8. The Kier molecular flexibility index (Phi) is 8.22. The van der Waals surface area contributed by atoms with Crippen LogP contribution >= 0.6 is 0 Å². The van der Waals surface area contributed by atoms with Gasteiger partial charge in [-0.25, -0.2) is 0 Å². The molecule has 3 aromatic rings. The number of nitrogens with zero attached hydrogens (tertiary/aromatic N) is 4. The maximum absolute atomic E-state index is 12.8. The summed E-state index contributed by atoms with van der Waals surface area (Å²) in [6, 6.07) is 10.7. The van der Waals surface area contributed by atoms with Crippen LogP contribution in [0.5, 0.6) is 5.75 Å². The van der Waals surface area contributed by atoms with Gasteiger partial charge in [-0.1, -0.05) is 6.07 Å². The number of hydrogen-bond donors (Lipinski definition) is 0. The first-order chi connectivity index (χ1) is 17.6. The number of amides is 1. The summed E-state index contributed by atoms with van der Waals surface area (Å²) in [5.74, 6) is 0.656. The Labute approximate surface area is 215 Å². The molecule has 0 bridgehead atoms. The van der Waals surface area contributed by atoms with Crippen LogP contribution in [0.3, 0.4) is 0 Å². The van der Waals surface area contributed by atoms with E-state index in [1.807, 2.05) is 23.0 Å². The van der Waals surface area contributed by atoms with E-state index in [4.69, 9.17) is 4.74 Å². The van der Waals surface area contributed by atoms with Gasteiger partial charge in [-0.3, -0.25) is 14.4 Å². The van der Waals surface area contributed by atoms with E-state index in [0.717, 1.165) is 36.4 Å². The van der Waals surface area contributed by atoms with E-state index in [1.165, 1.54) is 23.3 Å². The molecule has 37 heavy (non-hydrogen) atoms. The highest BCUT2D eigenvalue weighted by Crippen LogP contribution is 2.32. The van der Waals surface area contributed by atoms with E-state index in [9.17, 15) is 18.0 Å². The monoisotopic (exact) mass is 514 g/mol. The molecule has 0 unspecified atom stereocenters. The Balaban J connectivity index is 1.31. The lowest BCUT2D eigenvalue weighted by Crippen LogP contribution is -2.49. The number of ether oxygens (including phenoxy) is 1. The Morgan fingerprint density at radius 2 is 1.73 bits per heavy atom. The molecule has 0 radical (unpaired) electrons. The zero-order valence-electron chi connectivity index (χ0n) is 21.5. The van der Waals surface area contributed by atoms with Gasteiger partial charge in [-0.15, -0.1) is 0 Å². The summed E-state index contributed by atoms with van der Waals surface area (Å²) in [5.41, 5.74) is 3.07. The van der Waals surface area contributed by atoms with Crippen molar-refractivity contribution in [2.24, 2.45) is 0 Å². The van der Waals surface area contributed by atoms with Crippen LogP contribution in [0.15, 0.2) is 54.9 Å². The third-order valence-electron chi connectivity index (χ3n) is 7.19. The van der Waals surface area contributed by atoms with Crippen molar-refractivity contribution in [2.45, 2.75) is 46.0 Å². The van der Waals surface area contributed by atoms with Gasteiger partial charge in [0.25, 0.3) is 5.91 Å². The Hall–Kier alpha value is -3.33. The number of benzene rings is 2. The first kappa shape index (κ1) is 26.7. The van der Waals surface area contributed by atoms with Gasteiger partial charge < -0.3 is 9.64 Å². The van der Waals surface area contributed by atoms with Crippen molar-refractivity contribution >= 4 is 5.91 Å². The fourth-order valence-electron chi connectivity index (χ4n) is 4.76. The van der Waals surface area contributed by atoms with Crippen LogP contribution < -0.4 is 4.74 Å². The molecular formula is C28H33F3N4O2. The molecule has 2 heterocycles. The summed E-state index contributed by atoms with van der Waals surface area (Å²) >= 11 is 0. The van der Waals surface area contributed by atoms with Crippen molar-refractivity contribution < 1.29 is 22.7 Å². The second-order valence-corrected chi connectivity index (χ2v) is 9.45. The number of aromatic nitrogens is 2. The minimum absolute atomic E-state index is 0.163. The third-order valence-corrected chi connectivity index (χ3v) is 7.19. The van der Waals surface area contributed by atoms with Gasteiger partial charge in [0.05, 0.1) is 12.2 Å². The summed E-state index contributed by atoms with van der Waals surface area (Å²) in [6.07, 6.45) is 0.167. The molecule has 2 aromatic carbocycles. The van der Waals surface area contributed by atoms with Gasteiger partial charge >= 0.3 is 6.18 Å². The Bertz CT molecular complexity index is 1190. The summed E-state index contributed by atoms with van der Waals surface area (Å²) in [7, 11) is 0. The predicted molar refractivity (Wildman–Crippen MR) is 136 cm³/mol. The lowest BCUT2D eigenvalue weighted by Gasteiger charge is -2.39. The van der Waals surface area contributed by atoms with Gasteiger partial charge in [0.15, 0.2) is 0 Å². The van der Waals surface area contributed by atoms with Crippen molar-refractivity contribution in [3.05, 3.63) is 82.7 Å². The van der Waals surface area contributed by atoms with E-state index >= 15 is 0 Å². The second-order valence-electron chi connectivity index (χ2n) is 9.45. The zero-order valence-corrected chi connectivity index (χ0v) is 21.5. The van der Waals surface area contributed by atoms with E-state index in [1.54, 1.807) is 11.1 Å². The maximum Gasteiger partial charge on any atom is 0.416 e. The molecular weight excluding hydrogens is 481 g/mol. The normalized spacial score (nSPS) is 15.6. The molecule has 1 aliphatic rings. The van der Waals surface area contributed by atoms with Crippen molar-refractivity contribution in [2.75, 3.05) is 32.8 Å². The van der Waals surface area contributed by atoms with Crippen LogP contribution in [0, 0.1) is 13.8 Å². The van der Waals surface area contributed by atoms with Crippen molar-refractivity contribution in [3.63, 3.8) is 0 Å². The Morgan fingerprint density at radius 1 is 1.03 bits per heavy atom. The molecule has 0 spiro atoms. The zero-order chi connectivity index (χ0) is 26.6. The fraction of sp³-hybridized carbons (Fsp3) is 0.429. The largest absolute Gasteiger partial charge is 0.493 e. The lowest BCUT2D eigenvalue weighted by atomic mass is 9.96. The number of piperazine rings is 1. The molecule has 0 aliphatic carbocycles. The fourth-order valence-corrected chi connectivity index (χ4v) is 4.76. The molecule has 1 saturated heterocycles. The first-order valence-corrected chi connectivity index (χ1v) is 12.6. The average molecular weight is 515 g/mol. The minimum atomic E-state index is -4.41. The average Bonchev–Trinajstić information content (AvgIpc) is 3.41. The highest BCUT2D eigenvalue weighted by atomic mass is 19.4. The van der Waals surface area contributed by atoms with Gasteiger partial charge in [0.2, 0.25) is 0 Å². The molecule has 1 amide bonds. The van der Waals surface area contributed by atoms with Crippen LogP contribution in [0.25, 0.3) is 0 Å². The summed E-state index contributed by atoms with van der Waals surface area (Å²) in [6.45, 7) is 10.2. The SMILES string of the molecule is Cc1c(OCCCn2cccn2)ccc([C@@H](C)N2CCN(C(=O)c3ccc(C(F)(F)F)cc3)CC2)c1C. The Morgan fingerprint density at radius 3 is 2.35 bits per heavy atom. The van der Waals surface area contributed by atoms with E-state index in [-0.39, 0.29) is 17.5 Å². The van der Waals surface area contributed by atoms with Gasteiger partial charge in [-0.2, -0.15) is 18.3 Å². The van der Waals surface area contributed by atoms with Crippen molar-refractivity contribution in [1.29, 1.82) is 0 Å². The molecule has 1 aromatic heterocycles. The van der Waals surface area contributed by atoms with Gasteiger partial charge in [0.1, 0.15) is 5.75 Å². The van der Waals surface area contributed by atoms with Crippen LogP contribution in [0.1, 0.15) is 52.0 Å². The molecule has 9 heteroatoms. The molecule has 1 atom stereocenters. The number of carbonyl (C=O) groups is 1. The molecule has 0 saturated carbocycles. The van der Waals surface area contributed by atoms with E-state index < -0.39 is 11.7 Å². The molecule has 1 fully saturated rings. The minimum Gasteiger partial charge on any atom is -0.493 e. The lowest BCUT2D eigenvalue weighted by molar-refractivity contribution is -0.137. The third kappa shape index (κ3) is 6.33. The standard InChI is InChI=1S/C28H33F3N4O2/c1-20-21(2)26(37-19-5-14-35-13-4-12-32-35)11-10-25(20)22(3)33-15-17-34(18-16-33)27(36)23-6-8-24(9-7-23)28(29,30)31/h4,6-13,22H,5,14-19H2,1-3H3/t22-/m1/s1. The summed E-state index contributed by atoms with van der Waals surface area (Å²) < 4.78 is 46.4. The van der Waals surface area contributed by atoms with Crippen molar-refractivity contribution in [1.82, 2.24) is 19.6 Å². The van der Waals surface area contributed by atoms with E-state index in [0.29, 0.717) is 32.8 Å². The van der Waals surface area contributed by atoms with Gasteiger partial charge in [-0.05, 0) is 73.9 Å². The van der Waals surface area contributed by atoms with Crippen LogP contribution in [0.4, 0.5) is 13.2 Å². The second kappa shape index (κ2) is 11.4. The highest BCUT2D eigenvalue weighted by Gasteiger charge is 2.31. The highest BCUT2D eigenvalue weighted by molar-refractivity contribution is 5.94. The number of aryl methyl sites for hydroxylation is 1. The molecule has 1 aliphatic heterocycles. The summed E-state index contributed by atoms with van der Waals surface area (Å²) in [4.78, 5) is 16.9. The topological polar surface area (TPSA) is 50.6 Å². The number of halogens is 3. The number of hydrogen-bond acceptors (Lipinski definition) is 4. The predicted octanol–water partition coefficient (Wildman–Crippen LogP) is 5.51. The van der Waals surface area contributed by atoms with Gasteiger partial charge in [0, 0.05) is 63.1 Å². The first-order valence-electron chi connectivity index (χ1n) is 12.6. The number of rotatable bonds is 8. The molecule has 0 N–H and O–H groups in total.